The summed E-state index contributed by atoms with van der Waals surface area (Å²) in [5, 5.41) is 0. The molecule has 7 fully saturated rings. The van der Waals surface area contributed by atoms with Crippen LogP contribution in [-0.4, -0.2) is 26.2 Å². The van der Waals surface area contributed by atoms with E-state index >= 15 is 0 Å². The third-order valence-corrected chi connectivity index (χ3v) is 9.27. The van der Waals surface area contributed by atoms with E-state index in [1.54, 1.807) is 0 Å². The van der Waals surface area contributed by atoms with Crippen LogP contribution in [0.1, 0.15) is 25.7 Å². The van der Waals surface area contributed by atoms with Crippen LogP contribution in [0, 0.1) is 58.2 Å². The highest BCUT2D eigenvalue weighted by molar-refractivity contribution is 5.85. The summed E-state index contributed by atoms with van der Waals surface area (Å²) < 4.78 is 10.2. The summed E-state index contributed by atoms with van der Waals surface area (Å²) in [5.74, 6) is 2.92. The first-order chi connectivity index (χ1) is 10.7. The molecule has 0 saturated heterocycles. The molecule has 0 N–H and O–H groups in total. The largest absolute Gasteiger partial charge is 0.469 e. The molecule has 4 heteroatoms. The van der Waals surface area contributed by atoms with E-state index < -0.39 is 0 Å². The predicted octanol–water partition coefficient (Wildman–Crippen LogP) is 1.88. The zero-order valence-corrected chi connectivity index (χ0v) is 13.1. The minimum Gasteiger partial charge on any atom is -0.469 e. The molecule has 0 heterocycles. The van der Waals surface area contributed by atoms with Crippen molar-refractivity contribution < 1.29 is 19.1 Å². The quantitative estimate of drug-likeness (QED) is 0.731. The topological polar surface area (TPSA) is 52.6 Å². The van der Waals surface area contributed by atoms with E-state index in [0.717, 1.165) is 23.7 Å². The van der Waals surface area contributed by atoms with Gasteiger partial charge in [0.25, 0.3) is 0 Å². The number of carbonyl (C=O) groups is 2. The van der Waals surface area contributed by atoms with Gasteiger partial charge in [-0.2, -0.15) is 0 Å². The first kappa shape index (κ1) is 12.4. The molecule has 0 radical (unpaired) electrons. The van der Waals surface area contributed by atoms with Crippen LogP contribution in [0.5, 0.6) is 0 Å². The van der Waals surface area contributed by atoms with Crippen molar-refractivity contribution >= 4 is 11.9 Å². The fourth-order valence-corrected chi connectivity index (χ4v) is 9.53. The second-order valence-electron chi connectivity index (χ2n) is 8.64. The number of methoxy groups -OCH3 is 2. The molecule has 0 aromatic carbocycles. The average Bonchev–Trinajstić information content (AvgIpc) is 2.55. The zero-order chi connectivity index (χ0) is 15.0. The fraction of sp³-hybridized carbons (Fsp3) is 0.889. The van der Waals surface area contributed by atoms with Crippen molar-refractivity contribution in [2.45, 2.75) is 25.7 Å². The Morgan fingerprint density at radius 3 is 1.45 bits per heavy atom. The van der Waals surface area contributed by atoms with E-state index in [4.69, 9.17) is 9.47 Å². The first-order valence-corrected chi connectivity index (χ1v) is 8.82. The maximum absolute atomic E-state index is 12.4. The second-order valence-corrected chi connectivity index (χ2v) is 8.64. The summed E-state index contributed by atoms with van der Waals surface area (Å²) in [7, 11) is 2.91. The summed E-state index contributed by atoms with van der Waals surface area (Å²) in [6.07, 6.45) is 5.51. The van der Waals surface area contributed by atoms with Gasteiger partial charge in [0.1, 0.15) is 0 Å². The molecule has 0 aromatic heterocycles. The smallest absolute Gasteiger partial charge is 0.309 e. The Labute approximate surface area is 129 Å². The number of rotatable bonds is 2. The third-order valence-electron chi connectivity index (χ3n) is 9.27. The number of hydrogen-bond acceptors (Lipinski definition) is 4. The van der Waals surface area contributed by atoms with Crippen LogP contribution in [0.2, 0.25) is 0 Å². The molecule has 6 atom stereocenters. The van der Waals surface area contributed by atoms with Crippen molar-refractivity contribution in [1.82, 2.24) is 0 Å². The van der Waals surface area contributed by atoms with Gasteiger partial charge in [0.05, 0.1) is 26.1 Å². The summed E-state index contributed by atoms with van der Waals surface area (Å²) in [6.45, 7) is 0. The van der Waals surface area contributed by atoms with Gasteiger partial charge in [-0.05, 0) is 59.2 Å². The summed E-state index contributed by atoms with van der Waals surface area (Å²) in [6, 6.07) is 0. The maximum Gasteiger partial charge on any atom is 0.309 e. The van der Waals surface area contributed by atoms with Gasteiger partial charge in [0, 0.05) is 0 Å². The monoisotopic (exact) mass is 302 g/mol. The van der Waals surface area contributed by atoms with Crippen LogP contribution < -0.4 is 0 Å². The SMILES string of the molecule is COC(=O)[C@@H]1C2[C@@H]3[C@@H]4C([C@@H]1C(=O)OC)[C@H]1[C@@H]2C32CCCCC412. The number of hydrogen-bond donors (Lipinski definition) is 0. The minimum absolute atomic E-state index is 0.169. The molecule has 0 aromatic rings. The Bertz CT molecular complexity index is 551. The zero-order valence-electron chi connectivity index (χ0n) is 13.1. The lowest BCUT2D eigenvalue weighted by atomic mass is 8.98. The van der Waals surface area contributed by atoms with E-state index in [2.05, 4.69) is 0 Å². The lowest BCUT2D eigenvalue weighted by Crippen LogP contribution is -3.03. The van der Waals surface area contributed by atoms with E-state index in [9.17, 15) is 9.59 Å². The highest BCUT2D eigenvalue weighted by Crippen LogP contribution is 3.05. The number of carbonyl (C=O) groups excluding carboxylic acids is 2. The normalized spacial score (nSPS) is 63.9. The Hall–Kier alpha value is -1.06. The highest BCUT2D eigenvalue weighted by atomic mass is 16.5. The van der Waals surface area contributed by atoms with E-state index in [0.29, 0.717) is 22.7 Å². The van der Waals surface area contributed by atoms with E-state index in [-0.39, 0.29) is 23.8 Å². The molecule has 7 aliphatic carbocycles. The number of fused-ring (bicyclic) bond motifs is 1. The van der Waals surface area contributed by atoms with Crippen LogP contribution in [-0.2, 0) is 19.1 Å². The molecule has 2 bridgehead atoms. The Balaban J connectivity index is 1.45. The van der Waals surface area contributed by atoms with Crippen LogP contribution in [0.3, 0.4) is 0 Å². The van der Waals surface area contributed by atoms with Crippen LogP contribution >= 0.6 is 0 Å². The van der Waals surface area contributed by atoms with Gasteiger partial charge in [0.15, 0.2) is 0 Å². The molecule has 7 saturated carbocycles. The Morgan fingerprint density at radius 2 is 1.14 bits per heavy atom. The molecular weight excluding hydrogens is 280 g/mol. The number of ether oxygens (including phenoxy) is 2. The van der Waals surface area contributed by atoms with Gasteiger partial charge in [-0.25, -0.2) is 0 Å². The highest BCUT2D eigenvalue weighted by Gasteiger charge is 3.03. The second kappa shape index (κ2) is 3.25. The Kier molecular flexibility index (Phi) is 1.83. The molecule has 22 heavy (non-hydrogen) atoms. The van der Waals surface area contributed by atoms with Crippen molar-refractivity contribution in [2.75, 3.05) is 14.2 Å². The van der Waals surface area contributed by atoms with Gasteiger partial charge < -0.3 is 9.47 Å². The third kappa shape index (κ3) is 0.771. The van der Waals surface area contributed by atoms with Crippen molar-refractivity contribution in [3.05, 3.63) is 0 Å². The van der Waals surface area contributed by atoms with Crippen molar-refractivity contribution in [2.24, 2.45) is 58.2 Å². The Morgan fingerprint density at radius 1 is 0.773 bits per heavy atom. The molecule has 4 nitrogen and oxygen atoms in total. The molecule has 2 spiro atoms. The predicted molar refractivity (Wildman–Crippen MR) is 75.3 cm³/mol. The average molecular weight is 302 g/mol. The summed E-state index contributed by atoms with van der Waals surface area (Å²) in [4.78, 5) is 24.8. The lowest BCUT2D eigenvalue weighted by Gasteiger charge is -3.05. The molecule has 0 unspecified atom stereocenters. The first-order valence-electron chi connectivity index (χ1n) is 8.82. The summed E-state index contributed by atoms with van der Waals surface area (Å²) >= 11 is 0. The van der Waals surface area contributed by atoms with E-state index in [1.165, 1.54) is 39.9 Å². The molecule has 0 aliphatic heterocycles. The van der Waals surface area contributed by atoms with Gasteiger partial charge >= 0.3 is 11.9 Å². The minimum atomic E-state index is -0.226. The van der Waals surface area contributed by atoms with Crippen molar-refractivity contribution in [3.63, 3.8) is 0 Å². The van der Waals surface area contributed by atoms with Gasteiger partial charge in [-0.15, -0.1) is 0 Å². The fourth-order valence-electron chi connectivity index (χ4n) is 9.53. The molecule has 0 amide bonds. The van der Waals surface area contributed by atoms with Crippen LogP contribution in [0.4, 0.5) is 0 Å². The molecule has 118 valence electrons. The van der Waals surface area contributed by atoms with Crippen LogP contribution in [0.15, 0.2) is 0 Å². The number of esters is 2. The lowest BCUT2D eigenvalue weighted by molar-refractivity contribution is -0.592. The maximum atomic E-state index is 12.4. The van der Waals surface area contributed by atoms with Gasteiger partial charge in [0.2, 0.25) is 0 Å². The van der Waals surface area contributed by atoms with Crippen LogP contribution in [0.25, 0.3) is 0 Å². The van der Waals surface area contributed by atoms with E-state index in [1.807, 2.05) is 0 Å². The molecular formula is C18H22O4. The van der Waals surface area contributed by atoms with Crippen molar-refractivity contribution in [1.29, 1.82) is 0 Å². The molecule has 7 rings (SSSR count). The molecule has 7 aliphatic rings. The van der Waals surface area contributed by atoms with Gasteiger partial charge in [-0.3, -0.25) is 9.59 Å². The summed E-state index contributed by atoms with van der Waals surface area (Å²) in [5.41, 5.74) is 1.18. The van der Waals surface area contributed by atoms with Gasteiger partial charge in [-0.1, -0.05) is 12.8 Å². The standard InChI is InChI=1S/C18H22O4/c1-21-15(19)7-8(16(20)22-2)10-13-11-9(7)12-14(10)18(13)6-4-3-5-17(11,12)18/h7-14H,3-6H2,1-2H3/t7-,8+,9?,10?,11+,12+,13-,14-,17?,18?. The van der Waals surface area contributed by atoms with Crippen molar-refractivity contribution in [3.8, 4) is 0 Å².